The van der Waals surface area contributed by atoms with Crippen molar-refractivity contribution in [2.45, 2.75) is 37.6 Å². The van der Waals surface area contributed by atoms with Gasteiger partial charge in [-0.25, -0.2) is 18.1 Å². The average Bonchev–Trinajstić information content (AvgIpc) is 3.41. The molecule has 3 N–H and O–H groups in total. The Balaban J connectivity index is 1.62. The number of hydrogen-bond acceptors (Lipinski definition) is 6. The minimum absolute atomic E-state index is 0.123. The molecule has 1 aromatic carbocycles. The lowest BCUT2D eigenvalue weighted by Crippen LogP contribution is -2.41. The number of anilines is 1. The zero-order chi connectivity index (χ0) is 25.7. The number of fused-ring (bicyclic) bond motifs is 1. The van der Waals surface area contributed by atoms with E-state index in [1.54, 1.807) is 12.1 Å². The molecule has 5 rings (SSSR count). The van der Waals surface area contributed by atoms with E-state index in [9.17, 15) is 18.0 Å². The van der Waals surface area contributed by atoms with Gasteiger partial charge in [-0.2, -0.15) is 0 Å². The summed E-state index contributed by atoms with van der Waals surface area (Å²) in [5.74, 6) is -0.0762. The molecule has 3 aromatic heterocycles. The lowest BCUT2D eigenvalue weighted by molar-refractivity contribution is 0.0981. The predicted octanol–water partition coefficient (Wildman–Crippen LogP) is 3.66. The quantitative estimate of drug-likeness (QED) is 0.380. The van der Waals surface area contributed by atoms with E-state index in [1.807, 2.05) is 30.5 Å². The highest BCUT2D eigenvalue weighted by molar-refractivity contribution is 7.90. The number of benzene rings is 1. The first-order chi connectivity index (χ1) is 17.1. The van der Waals surface area contributed by atoms with Gasteiger partial charge in [0.25, 0.3) is 21.5 Å². The number of rotatable bonds is 5. The lowest BCUT2D eigenvalue weighted by Gasteiger charge is -2.34. The SMILES string of the molecule is C[C@@H]1CN(c2nc(-c3cccc4[nH]ccc34)ccc2C(=O)NS(=O)(=O)c2ccc[nH]c2=O)C(C)(C)C1. The molecule has 0 spiro atoms. The molecule has 4 aromatic rings. The zero-order valence-electron chi connectivity index (χ0n) is 20.2. The van der Waals surface area contributed by atoms with Crippen LogP contribution in [-0.4, -0.2) is 41.4 Å². The van der Waals surface area contributed by atoms with Gasteiger partial charge in [-0.15, -0.1) is 0 Å². The molecule has 10 heteroatoms. The Hall–Kier alpha value is -3.92. The van der Waals surface area contributed by atoms with Crippen LogP contribution in [0.5, 0.6) is 0 Å². The summed E-state index contributed by atoms with van der Waals surface area (Å²) in [6.07, 6.45) is 4.08. The predicted molar refractivity (Wildman–Crippen MR) is 138 cm³/mol. The van der Waals surface area contributed by atoms with Gasteiger partial charge in [0.15, 0.2) is 4.90 Å². The van der Waals surface area contributed by atoms with E-state index in [2.05, 4.69) is 40.4 Å². The van der Waals surface area contributed by atoms with E-state index in [0.717, 1.165) is 29.0 Å². The first-order valence-corrected chi connectivity index (χ1v) is 13.2. The zero-order valence-corrected chi connectivity index (χ0v) is 21.0. The lowest BCUT2D eigenvalue weighted by atomic mass is 9.97. The summed E-state index contributed by atoms with van der Waals surface area (Å²) in [4.78, 5) is 37.4. The van der Waals surface area contributed by atoms with Crippen LogP contribution in [0.2, 0.25) is 0 Å². The van der Waals surface area contributed by atoms with Gasteiger partial charge in [0.1, 0.15) is 5.82 Å². The summed E-state index contributed by atoms with van der Waals surface area (Å²) in [6, 6.07) is 13.7. The highest BCUT2D eigenvalue weighted by Gasteiger charge is 2.39. The number of hydrogen-bond donors (Lipinski definition) is 3. The first-order valence-electron chi connectivity index (χ1n) is 11.7. The van der Waals surface area contributed by atoms with Crippen molar-refractivity contribution in [3.8, 4) is 11.3 Å². The van der Waals surface area contributed by atoms with Crippen molar-refractivity contribution in [2.24, 2.45) is 5.92 Å². The molecule has 4 heterocycles. The van der Waals surface area contributed by atoms with E-state index < -0.39 is 26.4 Å². The Morgan fingerprint density at radius 2 is 1.89 bits per heavy atom. The second-order valence-electron chi connectivity index (χ2n) is 9.84. The van der Waals surface area contributed by atoms with Crippen molar-refractivity contribution < 1.29 is 13.2 Å². The summed E-state index contributed by atoms with van der Waals surface area (Å²) < 4.78 is 27.8. The molecule has 0 aliphatic carbocycles. The minimum atomic E-state index is -4.40. The second kappa shape index (κ2) is 8.63. The normalized spacial score (nSPS) is 17.4. The van der Waals surface area contributed by atoms with Crippen LogP contribution in [0.1, 0.15) is 37.6 Å². The number of nitrogens with zero attached hydrogens (tertiary/aromatic N) is 2. The number of pyridine rings is 2. The van der Waals surface area contributed by atoms with E-state index in [-0.39, 0.29) is 11.1 Å². The van der Waals surface area contributed by atoms with E-state index >= 15 is 0 Å². The molecule has 1 saturated heterocycles. The molecule has 0 unspecified atom stereocenters. The molecule has 1 atom stereocenters. The Labute approximate surface area is 208 Å². The maximum Gasteiger partial charge on any atom is 0.269 e. The molecule has 36 heavy (non-hydrogen) atoms. The third-order valence-corrected chi connectivity index (χ3v) is 7.97. The van der Waals surface area contributed by atoms with Gasteiger partial charge in [0.05, 0.1) is 11.3 Å². The smallest absolute Gasteiger partial charge is 0.269 e. The number of aromatic amines is 2. The number of carbonyl (C=O) groups is 1. The Morgan fingerprint density at radius 3 is 2.61 bits per heavy atom. The summed E-state index contributed by atoms with van der Waals surface area (Å²) in [5, 5.41) is 0.994. The van der Waals surface area contributed by atoms with Crippen molar-refractivity contribution in [2.75, 3.05) is 11.4 Å². The van der Waals surface area contributed by atoms with Crippen molar-refractivity contribution in [1.82, 2.24) is 19.7 Å². The van der Waals surface area contributed by atoms with Crippen LogP contribution in [0.25, 0.3) is 22.2 Å². The van der Waals surface area contributed by atoms with Crippen LogP contribution < -0.4 is 15.2 Å². The highest BCUT2D eigenvalue weighted by atomic mass is 32.2. The molecule has 0 saturated carbocycles. The Bertz CT molecular complexity index is 1640. The van der Waals surface area contributed by atoms with Crippen LogP contribution in [0, 0.1) is 5.92 Å². The van der Waals surface area contributed by atoms with Gasteiger partial charge in [-0.05, 0) is 62.6 Å². The molecule has 0 radical (unpaired) electrons. The number of H-pyrrole nitrogens is 2. The molecular weight excluding hydrogens is 478 g/mol. The molecule has 1 aliphatic heterocycles. The third kappa shape index (κ3) is 4.17. The van der Waals surface area contributed by atoms with Gasteiger partial charge in [-0.1, -0.05) is 19.1 Å². The van der Waals surface area contributed by atoms with Crippen LogP contribution >= 0.6 is 0 Å². The largest absolute Gasteiger partial charge is 0.361 e. The fourth-order valence-electron chi connectivity index (χ4n) is 5.10. The molecule has 1 aliphatic rings. The van der Waals surface area contributed by atoms with E-state index in [0.29, 0.717) is 24.0 Å². The third-order valence-electron chi connectivity index (χ3n) is 6.62. The maximum absolute atomic E-state index is 13.4. The van der Waals surface area contributed by atoms with Crippen molar-refractivity contribution in [3.05, 3.63) is 76.8 Å². The summed E-state index contributed by atoms with van der Waals surface area (Å²) >= 11 is 0. The van der Waals surface area contributed by atoms with Crippen molar-refractivity contribution in [3.63, 3.8) is 0 Å². The fraction of sp³-hybridized carbons (Fsp3) is 0.269. The average molecular weight is 506 g/mol. The van der Waals surface area contributed by atoms with Crippen LogP contribution in [-0.2, 0) is 10.0 Å². The first kappa shape index (κ1) is 23.8. The molecular formula is C26H27N5O4S. The van der Waals surface area contributed by atoms with Gasteiger partial charge < -0.3 is 14.9 Å². The van der Waals surface area contributed by atoms with Gasteiger partial charge in [-0.3, -0.25) is 9.59 Å². The monoisotopic (exact) mass is 505 g/mol. The minimum Gasteiger partial charge on any atom is -0.361 e. The van der Waals surface area contributed by atoms with Crippen LogP contribution in [0.4, 0.5) is 5.82 Å². The van der Waals surface area contributed by atoms with Gasteiger partial charge in [0, 0.05) is 40.9 Å². The molecule has 1 fully saturated rings. The number of sulfonamides is 1. The maximum atomic E-state index is 13.4. The summed E-state index contributed by atoms with van der Waals surface area (Å²) in [5.41, 5.74) is 1.56. The molecule has 9 nitrogen and oxygen atoms in total. The Morgan fingerprint density at radius 1 is 1.08 bits per heavy atom. The summed E-state index contributed by atoms with van der Waals surface area (Å²) in [6.45, 7) is 6.97. The molecule has 1 amide bonds. The number of nitrogens with one attached hydrogen (secondary N) is 3. The van der Waals surface area contributed by atoms with Crippen molar-refractivity contribution >= 4 is 32.7 Å². The van der Waals surface area contributed by atoms with E-state index in [1.165, 1.54) is 12.3 Å². The topological polar surface area (TPSA) is 128 Å². The molecule has 0 bridgehead atoms. The second-order valence-corrected chi connectivity index (χ2v) is 11.5. The number of carbonyl (C=O) groups excluding carboxylic acids is 1. The van der Waals surface area contributed by atoms with Crippen LogP contribution in [0.15, 0.2) is 70.6 Å². The number of aromatic nitrogens is 3. The highest BCUT2D eigenvalue weighted by Crippen LogP contribution is 2.39. The van der Waals surface area contributed by atoms with Crippen LogP contribution in [0.3, 0.4) is 0 Å². The standard InChI is InChI=1S/C26H27N5O4S/c1-16-14-26(2,3)31(15-16)23-19(24(32)30-36(34,35)22-8-5-12-28-25(22)33)9-10-21(29-23)17-6-4-7-20-18(17)11-13-27-20/h4-13,16,27H,14-15H2,1-3H3,(H,28,33)(H,30,32)/t16-/m0/s1. The fourth-order valence-corrected chi connectivity index (χ4v) is 6.12. The summed E-state index contributed by atoms with van der Waals surface area (Å²) in [7, 11) is -4.40. The molecule has 186 valence electrons. The van der Waals surface area contributed by atoms with Gasteiger partial charge >= 0.3 is 0 Å². The van der Waals surface area contributed by atoms with E-state index in [4.69, 9.17) is 4.98 Å². The van der Waals surface area contributed by atoms with Gasteiger partial charge in [0.2, 0.25) is 0 Å². The Kier molecular flexibility index (Phi) is 5.71. The number of amides is 1. The van der Waals surface area contributed by atoms with Crippen molar-refractivity contribution in [1.29, 1.82) is 0 Å².